The van der Waals surface area contributed by atoms with Crippen LogP contribution in [0.2, 0.25) is 0 Å². The Morgan fingerprint density at radius 1 is 0.508 bits per heavy atom. The van der Waals surface area contributed by atoms with E-state index in [9.17, 15) is 0 Å². The van der Waals surface area contributed by atoms with Gasteiger partial charge in [0.15, 0.2) is 0 Å². The summed E-state index contributed by atoms with van der Waals surface area (Å²) in [6.45, 7) is 5.86. The highest BCUT2D eigenvalue weighted by Gasteiger charge is 2.13. The molecule has 3 heterocycles. The fourth-order valence-electron chi connectivity index (χ4n) is 7.88. The average Bonchev–Trinajstić information content (AvgIpc) is 3.36. The zero-order valence-corrected chi connectivity index (χ0v) is 37.2. The van der Waals surface area contributed by atoms with E-state index in [1.807, 2.05) is 49.7 Å². The number of rotatable bonds is 13. The monoisotopic (exact) mass is 837 g/mol. The van der Waals surface area contributed by atoms with Gasteiger partial charge in [0.2, 0.25) is 0 Å². The topological polar surface area (TPSA) is 38.7 Å². The van der Waals surface area contributed by atoms with E-state index in [-0.39, 0.29) is 0 Å². The molecule has 0 aliphatic heterocycles. The van der Waals surface area contributed by atoms with Gasteiger partial charge in [0.05, 0.1) is 17.1 Å². The van der Waals surface area contributed by atoms with E-state index in [4.69, 9.17) is 11.4 Å². The van der Waals surface area contributed by atoms with Crippen molar-refractivity contribution < 1.29 is 0 Å². The maximum Gasteiger partial charge on any atom is 0.0711 e. The second-order valence-electron chi connectivity index (χ2n) is 15.4. The van der Waals surface area contributed by atoms with Gasteiger partial charge in [-0.1, -0.05) is 152 Å². The van der Waals surface area contributed by atoms with Gasteiger partial charge in [-0.3, -0.25) is 15.0 Å². The molecule has 5 aromatic carbocycles. The summed E-state index contributed by atoms with van der Waals surface area (Å²) in [6.07, 6.45) is 27.9. The first-order valence-corrected chi connectivity index (χ1v) is 21.8. The van der Waals surface area contributed by atoms with Gasteiger partial charge in [-0.2, -0.15) is 0 Å². The fourth-order valence-corrected chi connectivity index (χ4v) is 7.88. The number of benzene rings is 5. The van der Waals surface area contributed by atoms with Crippen LogP contribution in [0.15, 0.2) is 230 Å². The van der Waals surface area contributed by atoms with Crippen LogP contribution in [0.1, 0.15) is 30.7 Å². The van der Waals surface area contributed by atoms with E-state index in [1.54, 1.807) is 13.0 Å². The Labute approximate surface area is 385 Å². The second-order valence-corrected chi connectivity index (χ2v) is 15.4. The van der Waals surface area contributed by atoms with Crippen LogP contribution in [0, 0.1) is 31.6 Å². The van der Waals surface area contributed by atoms with Crippen LogP contribution in [0.4, 0.5) is 0 Å². The van der Waals surface area contributed by atoms with Gasteiger partial charge in [-0.15, -0.1) is 18.8 Å². The van der Waals surface area contributed by atoms with E-state index >= 15 is 0 Å². The predicted octanol–water partition coefficient (Wildman–Crippen LogP) is 15.2. The third kappa shape index (κ3) is 11.6. The Balaban J connectivity index is 0.00000204. The molecule has 0 fully saturated rings. The number of pyridine rings is 3. The van der Waals surface area contributed by atoms with E-state index in [0.717, 1.165) is 84.9 Å². The normalized spacial score (nSPS) is 11.5. The van der Waals surface area contributed by atoms with Crippen LogP contribution in [0.25, 0.3) is 67.2 Å². The first-order valence-electron chi connectivity index (χ1n) is 21.8. The first kappa shape index (κ1) is 44.7. The van der Waals surface area contributed by atoms with Crippen molar-refractivity contribution in [3.8, 4) is 91.8 Å². The molecule has 0 saturated heterocycles. The Morgan fingerprint density at radius 2 is 1.06 bits per heavy atom. The summed E-state index contributed by atoms with van der Waals surface area (Å²) in [5.74, 6) is 4.96. The van der Waals surface area contributed by atoms with Gasteiger partial charge in [-0.25, -0.2) is 0 Å². The summed E-state index contributed by atoms with van der Waals surface area (Å²) >= 11 is 0. The first-order chi connectivity index (χ1) is 32.0. The molecule has 0 spiro atoms. The summed E-state index contributed by atoms with van der Waals surface area (Å²) in [5, 5.41) is 0. The van der Waals surface area contributed by atoms with Gasteiger partial charge in [0, 0.05) is 41.2 Å². The molecule has 3 aromatic heterocycles. The van der Waals surface area contributed by atoms with Gasteiger partial charge in [0.25, 0.3) is 0 Å². The van der Waals surface area contributed by atoms with Crippen molar-refractivity contribution in [1.29, 1.82) is 0 Å². The molecule has 0 aliphatic carbocycles. The number of terminal acetylenes is 2. The maximum atomic E-state index is 5.79. The van der Waals surface area contributed by atoms with Crippen LogP contribution >= 0.6 is 0 Å². The molecule has 8 rings (SSSR count). The number of nitrogens with zero attached hydrogens (tertiary/aromatic N) is 3. The van der Waals surface area contributed by atoms with Crippen molar-refractivity contribution in [3.05, 3.63) is 247 Å². The van der Waals surface area contributed by atoms with Crippen molar-refractivity contribution >= 4 is 0 Å². The highest BCUT2D eigenvalue weighted by atomic mass is 14.7. The lowest BCUT2D eigenvalue weighted by Crippen LogP contribution is -1.96. The number of allylic oxidation sites excluding steroid dienone is 8. The fraction of sp³-hybridized carbons (Fsp3) is 0.0806. The molecule has 0 atom stereocenters. The number of aromatic nitrogens is 3. The van der Waals surface area contributed by atoms with E-state index in [1.165, 1.54) is 16.7 Å². The highest BCUT2D eigenvalue weighted by molar-refractivity contribution is 5.85. The lowest BCUT2D eigenvalue weighted by Gasteiger charge is -2.13. The summed E-state index contributed by atoms with van der Waals surface area (Å²) in [4.78, 5) is 14.6. The Kier molecular flexibility index (Phi) is 15.6. The number of hydrogen-bond donors (Lipinski definition) is 0. The summed E-state index contributed by atoms with van der Waals surface area (Å²) < 4.78 is 0. The predicted molar refractivity (Wildman–Crippen MR) is 274 cm³/mol. The molecule has 65 heavy (non-hydrogen) atoms. The summed E-state index contributed by atoms with van der Waals surface area (Å²) in [7, 11) is 0. The molecule has 0 amide bonds. The molecule has 3 nitrogen and oxygen atoms in total. The van der Waals surface area contributed by atoms with Crippen molar-refractivity contribution in [3.63, 3.8) is 0 Å². The van der Waals surface area contributed by atoms with Crippen molar-refractivity contribution in [2.24, 2.45) is 0 Å². The molecule has 314 valence electrons. The molecule has 0 unspecified atom stereocenters. The Morgan fingerprint density at radius 3 is 1.72 bits per heavy atom. The molecule has 3 heteroatoms. The van der Waals surface area contributed by atoms with E-state index in [0.29, 0.717) is 6.42 Å². The van der Waals surface area contributed by atoms with E-state index < -0.39 is 0 Å². The van der Waals surface area contributed by atoms with Crippen molar-refractivity contribution in [2.45, 2.75) is 33.6 Å². The van der Waals surface area contributed by atoms with Crippen LogP contribution < -0.4 is 0 Å². The molecule has 0 saturated carbocycles. The molecule has 8 aromatic rings. The van der Waals surface area contributed by atoms with Gasteiger partial charge < -0.3 is 0 Å². The Bertz CT molecular complexity index is 3080. The average molecular weight is 838 g/mol. The number of aryl methyl sites for hydroxylation is 1. The van der Waals surface area contributed by atoms with Crippen molar-refractivity contribution in [1.82, 2.24) is 15.0 Å². The zero-order chi connectivity index (χ0) is 45.2. The smallest absolute Gasteiger partial charge is 0.0711 e. The second kappa shape index (κ2) is 22.6. The minimum atomic E-state index is 0.605. The maximum absolute atomic E-state index is 5.79. The number of hydrogen-bond acceptors (Lipinski definition) is 3. The van der Waals surface area contributed by atoms with Gasteiger partial charge >= 0.3 is 0 Å². The third-order valence-corrected chi connectivity index (χ3v) is 10.9. The quantitative estimate of drug-likeness (QED) is 0.0858. The van der Waals surface area contributed by atoms with Crippen LogP contribution in [-0.4, -0.2) is 15.0 Å². The molecule has 0 N–H and O–H groups in total. The molecular formula is C62H51N3. The minimum absolute atomic E-state index is 0.605. The van der Waals surface area contributed by atoms with Crippen LogP contribution in [0.5, 0.6) is 0 Å². The molecular weight excluding hydrogens is 787 g/mol. The van der Waals surface area contributed by atoms with E-state index in [2.05, 4.69) is 205 Å². The van der Waals surface area contributed by atoms with Gasteiger partial charge in [0.1, 0.15) is 0 Å². The Hall–Kier alpha value is -8.37. The molecule has 0 bridgehead atoms. The summed E-state index contributed by atoms with van der Waals surface area (Å²) in [6, 6.07) is 59.5. The largest absolute Gasteiger partial charge is 0.256 e. The SMILES string of the molecule is C#CC.C#C\C=C/C(=C\Cc1cc(-c2ccccc2C)cc(-c2cccc(-c3cccc(-c4ccccc4-c4ccccn4)c3)c2)n1)C(/C=C\C)=C/Cc1ccccc1-c1ccccn1. The lowest BCUT2D eigenvalue weighted by atomic mass is 9.93. The van der Waals surface area contributed by atoms with Crippen LogP contribution in [0.3, 0.4) is 0 Å². The van der Waals surface area contributed by atoms with Crippen molar-refractivity contribution in [2.75, 3.05) is 0 Å². The minimum Gasteiger partial charge on any atom is -0.256 e. The molecule has 0 radical (unpaired) electrons. The van der Waals surface area contributed by atoms with Crippen LogP contribution in [-0.2, 0) is 12.8 Å². The molecule has 0 aliphatic rings. The standard InChI is InChI=1S/C59H47N3.C3H4/c1-4-6-21-45(44(19-5-2)33-34-46-22-8-10-29-55(46)57-31-13-15-37-60-57)35-36-52-41-51(53-27-9-7-20-43(53)3)42-59(62-52)50-26-18-24-48(40-50)47-23-17-25-49(39-47)54-28-11-12-30-56(54)58-32-14-16-38-61-58;1-3-2/h1,5-33,35,37-42H,34,36H2,2-3H3;1H,2H3/b19-5-,21-6-,44-33+,45-35+;. The third-order valence-electron chi connectivity index (χ3n) is 10.9. The zero-order valence-electron chi connectivity index (χ0n) is 37.2. The lowest BCUT2D eigenvalue weighted by molar-refractivity contribution is 1.11. The van der Waals surface area contributed by atoms with Gasteiger partial charge in [-0.05, 0) is 144 Å². The highest BCUT2D eigenvalue weighted by Crippen LogP contribution is 2.35. The summed E-state index contributed by atoms with van der Waals surface area (Å²) in [5.41, 5.74) is 18.5.